The molecule has 2 N–H and O–H groups in total. The minimum atomic E-state index is -0.616. The van der Waals surface area contributed by atoms with Crippen LogP contribution in [0.4, 0.5) is 0 Å². The van der Waals surface area contributed by atoms with Crippen LogP contribution in [0.2, 0.25) is 0 Å². The van der Waals surface area contributed by atoms with E-state index >= 15 is 0 Å². The van der Waals surface area contributed by atoms with Crippen molar-refractivity contribution in [1.82, 2.24) is 4.98 Å². The smallest absolute Gasteiger partial charge is 0.248 e. The van der Waals surface area contributed by atoms with E-state index in [0.717, 1.165) is 0 Å². The van der Waals surface area contributed by atoms with E-state index in [1.165, 1.54) is 24.3 Å². The van der Waals surface area contributed by atoms with Crippen LogP contribution in [-0.2, 0) is 4.79 Å². The number of carbonyl (C=O) groups is 2. The van der Waals surface area contributed by atoms with E-state index in [1.54, 1.807) is 6.92 Å². The summed E-state index contributed by atoms with van der Waals surface area (Å²) in [5.74, 6) is -1.26. The van der Waals surface area contributed by atoms with Crippen LogP contribution < -0.4 is 5.56 Å². The highest BCUT2D eigenvalue weighted by atomic mass is 16.3. The summed E-state index contributed by atoms with van der Waals surface area (Å²) in [7, 11) is 0. The van der Waals surface area contributed by atoms with Crippen molar-refractivity contribution < 1.29 is 14.7 Å². The minimum Gasteiger partial charge on any atom is -0.506 e. The molecule has 1 aromatic carbocycles. The Morgan fingerprint density at radius 2 is 1.94 bits per heavy atom. The van der Waals surface area contributed by atoms with Crippen molar-refractivity contribution in [2.24, 2.45) is 0 Å². The molecule has 1 aromatic heterocycles. The number of H-pyrrole nitrogens is 1. The van der Waals surface area contributed by atoms with Crippen molar-refractivity contribution in [2.45, 2.75) is 13.3 Å². The van der Waals surface area contributed by atoms with Gasteiger partial charge in [0.15, 0.2) is 0 Å². The standard InChI is InChI=1S/C13H11NO4/c1-2-9(15)13(18)8-3-5-10(16)12-7(8)4-6-11(17)14-12/h3-6,16H,2H2,1H3,(H,14,17). The van der Waals surface area contributed by atoms with E-state index in [9.17, 15) is 19.5 Å². The van der Waals surface area contributed by atoms with Gasteiger partial charge in [-0.25, -0.2) is 0 Å². The molecular formula is C13H11NO4. The van der Waals surface area contributed by atoms with Gasteiger partial charge in [0.1, 0.15) is 5.75 Å². The number of phenols is 1. The van der Waals surface area contributed by atoms with Gasteiger partial charge in [-0.1, -0.05) is 6.92 Å². The first-order valence-corrected chi connectivity index (χ1v) is 5.47. The first-order chi connectivity index (χ1) is 8.54. The molecule has 0 spiro atoms. The number of aromatic hydroxyl groups is 1. The predicted molar refractivity (Wildman–Crippen MR) is 65.9 cm³/mol. The second-order valence-corrected chi connectivity index (χ2v) is 3.85. The first-order valence-electron chi connectivity index (χ1n) is 5.47. The number of Topliss-reactive ketones (excluding diaryl/α,β-unsaturated/α-hetero) is 2. The van der Waals surface area contributed by atoms with Crippen molar-refractivity contribution in [3.63, 3.8) is 0 Å². The summed E-state index contributed by atoms with van der Waals surface area (Å²) in [6, 6.07) is 5.33. The molecule has 18 heavy (non-hydrogen) atoms. The van der Waals surface area contributed by atoms with Crippen LogP contribution in [-0.4, -0.2) is 21.7 Å². The molecule has 2 aromatic rings. The van der Waals surface area contributed by atoms with Crippen molar-refractivity contribution in [3.05, 3.63) is 40.2 Å². The van der Waals surface area contributed by atoms with E-state index in [2.05, 4.69) is 4.98 Å². The number of fused-ring (bicyclic) bond motifs is 1. The lowest BCUT2D eigenvalue weighted by molar-refractivity contribution is -0.114. The number of hydrogen-bond acceptors (Lipinski definition) is 4. The average Bonchev–Trinajstić information content (AvgIpc) is 2.38. The maximum Gasteiger partial charge on any atom is 0.248 e. The molecule has 0 saturated carbocycles. The predicted octanol–water partition coefficient (Wildman–Crippen LogP) is 1.40. The molecule has 0 aliphatic rings. The zero-order valence-corrected chi connectivity index (χ0v) is 9.69. The molecule has 1 heterocycles. The van der Waals surface area contributed by atoms with Crippen LogP contribution in [0.3, 0.4) is 0 Å². The van der Waals surface area contributed by atoms with Gasteiger partial charge in [-0.2, -0.15) is 0 Å². The Labute approximate surface area is 102 Å². The molecule has 0 amide bonds. The quantitative estimate of drug-likeness (QED) is 0.632. The Morgan fingerprint density at radius 3 is 2.61 bits per heavy atom. The normalized spacial score (nSPS) is 10.5. The second-order valence-electron chi connectivity index (χ2n) is 3.85. The SMILES string of the molecule is CCC(=O)C(=O)c1ccc(O)c2[nH]c(=O)ccc12. The van der Waals surface area contributed by atoms with Gasteiger partial charge in [-0.05, 0) is 18.2 Å². The highest BCUT2D eigenvalue weighted by Gasteiger charge is 2.18. The summed E-state index contributed by atoms with van der Waals surface area (Å²) in [6.45, 7) is 1.60. The number of aromatic nitrogens is 1. The number of carbonyl (C=O) groups excluding carboxylic acids is 2. The van der Waals surface area contributed by atoms with Gasteiger partial charge in [0.25, 0.3) is 0 Å². The molecule has 2 rings (SSSR count). The molecule has 0 saturated heterocycles. The van der Waals surface area contributed by atoms with Crippen molar-refractivity contribution in [3.8, 4) is 5.75 Å². The summed E-state index contributed by atoms with van der Waals surface area (Å²) in [6.07, 6.45) is 0.116. The number of rotatable bonds is 3. The van der Waals surface area contributed by atoms with Gasteiger partial charge in [0.2, 0.25) is 17.1 Å². The third-order valence-corrected chi connectivity index (χ3v) is 2.69. The largest absolute Gasteiger partial charge is 0.506 e. The van der Waals surface area contributed by atoms with E-state index in [4.69, 9.17) is 0 Å². The molecule has 0 radical (unpaired) electrons. The van der Waals surface area contributed by atoms with Crippen molar-refractivity contribution in [1.29, 1.82) is 0 Å². The average molecular weight is 245 g/mol. The monoisotopic (exact) mass is 245 g/mol. The molecule has 5 heteroatoms. The molecule has 0 unspecified atom stereocenters. The number of benzene rings is 1. The molecule has 0 bridgehead atoms. The van der Waals surface area contributed by atoms with E-state index < -0.39 is 11.6 Å². The molecule has 0 fully saturated rings. The van der Waals surface area contributed by atoms with Crippen LogP contribution in [0.1, 0.15) is 23.7 Å². The molecule has 0 aliphatic heterocycles. The van der Waals surface area contributed by atoms with E-state index in [-0.39, 0.29) is 28.8 Å². The number of ketones is 2. The Morgan fingerprint density at radius 1 is 1.22 bits per heavy atom. The second kappa shape index (κ2) is 4.44. The van der Waals surface area contributed by atoms with Gasteiger partial charge < -0.3 is 10.1 Å². The van der Waals surface area contributed by atoms with Gasteiger partial charge >= 0.3 is 0 Å². The summed E-state index contributed by atoms with van der Waals surface area (Å²) >= 11 is 0. The fourth-order valence-electron chi connectivity index (χ4n) is 1.75. The fourth-order valence-corrected chi connectivity index (χ4v) is 1.75. The molecule has 0 atom stereocenters. The van der Waals surface area contributed by atoms with Crippen LogP contribution in [0, 0.1) is 0 Å². The van der Waals surface area contributed by atoms with Crippen molar-refractivity contribution in [2.75, 3.05) is 0 Å². The number of phenolic OH excluding ortho intramolecular Hbond substituents is 1. The third-order valence-electron chi connectivity index (χ3n) is 2.69. The molecular weight excluding hydrogens is 234 g/mol. The van der Waals surface area contributed by atoms with Gasteiger partial charge in [-0.15, -0.1) is 0 Å². The highest BCUT2D eigenvalue weighted by molar-refractivity contribution is 6.45. The molecule has 0 aliphatic carbocycles. The minimum absolute atomic E-state index is 0.116. The zero-order valence-electron chi connectivity index (χ0n) is 9.69. The van der Waals surface area contributed by atoms with Crippen LogP contribution in [0.5, 0.6) is 5.75 Å². The molecule has 5 nitrogen and oxygen atoms in total. The first kappa shape index (κ1) is 12.0. The Hall–Kier alpha value is -2.43. The number of nitrogens with one attached hydrogen (secondary N) is 1. The number of hydrogen-bond donors (Lipinski definition) is 2. The lowest BCUT2D eigenvalue weighted by atomic mass is 10.0. The van der Waals surface area contributed by atoms with E-state index in [1.807, 2.05) is 0 Å². The van der Waals surface area contributed by atoms with Gasteiger partial charge in [0, 0.05) is 23.4 Å². The number of aromatic amines is 1. The van der Waals surface area contributed by atoms with Gasteiger partial charge in [-0.3, -0.25) is 14.4 Å². The summed E-state index contributed by atoms with van der Waals surface area (Å²) in [4.78, 5) is 36.9. The van der Waals surface area contributed by atoms with Crippen LogP contribution in [0.15, 0.2) is 29.1 Å². The summed E-state index contributed by atoms with van der Waals surface area (Å²) < 4.78 is 0. The molecule has 92 valence electrons. The summed E-state index contributed by atoms with van der Waals surface area (Å²) in [5.41, 5.74) is -0.0348. The Bertz CT molecular complexity index is 700. The number of pyridine rings is 1. The van der Waals surface area contributed by atoms with Crippen LogP contribution in [0.25, 0.3) is 10.9 Å². The maximum atomic E-state index is 11.9. The van der Waals surface area contributed by atoms with E-state index in [0.29, 0.717) is 5.39 Å². The topological polar surface area (TPSA) is 87.2 Å². The fraction of sp³-hybridized carbons (Fsp3) is 0.154. The lowest BCUT2D eigenvalue weighted by Crippen LogP contribution is -2.14. The maximum absolute atomic E-state index is 11.9. The van der Waals surface area contributed by atoms with Gasteiger partial charge in [0.05, 0.1) is 5.52 Å². The Balaban J connectivity index is 2.74. The zero-order chi connectivity index (χ0) is 13.3. The van der Waals surface area contributed by atoms with Crippen LogP contribution >= 0.6 is 0 Å². The third kappa shape index (κ3) is 1.90. The van der Waals surface area contributed by atoms with Crippen molar-refractivity contribution >= 4 is 22.5 Å². The lowest BCUT2D eigenvalue weighted by Gasteiger charge is -2.05. The Kier molecular flexibility index (Phi) is 2.97. The summed E-state index contributed by atoms with van der Waals surface area (Å²) in [5, 5.41) is 9.99. The highest BCUT2D eigenvalue weighted by Crippen LogP contribution is 2.25.